The van der Waals surface area contributed by atoms with Gasteiger partial charge in [0.05, 0.1) is 31.3 Å². The molecular weight excluding hydrogens is 232 g/mol. The summed E-state index contributed by atoms with van der Waals surface area (Å²) in [5, 5.41) is 0. The highest BCUT2D eigenvalue weighted by molar-refractivity contribution is 5.79. The standard InChI is InChI=1S/C13H24N2O3/c1-10-8-11(9-18-10)13(16)15-5-2-12(3-6-15)17-7-4-14/h10-12H,2-9,14H2,1H3. The van der Waals surface area contributed by atoms with Crippen LogP contribution in [0.5, 0.6) is 0 Å². The van der Waals surface area contributed by atoms with Crippen molar-refractivity contribution in [2.24, 2.45) is 11.7 Å². The molecule has 2 unspecified atom stereocenters. The van der Waals surface area contributed by atoms with Gasteiger partial charge in [-0.1, -0.05) is 0 Å². The van der Waals surface area contributed by atoms with E-state index in [1.807, 2.05) is 11.8 Å². The van der Waals surface area contributed by atoms with E-state index in [4.69, 9.17) is 15.2 Å². The first kappa shape index (κ1) is 13.8. The van der Waals surface area contributed by atoms with E-state index in [1.165, 1.54) is 0 Å². The number of piperidine rings is 1. The van der Waals surface area contributed by atoms with Crippen molar-refractivity contribution in [2.75, 3.05) is 32.8 Å². The van der Waals surface area contributed by atoms with Crippen LogP contribution in [0.1, 0.15) is 26.2 Å². The Kier molecular flexibility index (Phi) is 4.97. The molecule has 104 valence electrons. The van der Waals surface area contributed by atoms with E-state index in [0.717, 1.165) is 32.4 Å². The van der Waals surface area contributed by atoms with Gasteiger partial charge in [-0.3, -0.25) is 4.79 Å². The Balaban J connectivity index is 1.73. The second-order valence-corrected chi connectivity index (χ2v) is 5.26. The zero-order chi connectivity index (χ0) is 13.0. The quantitative estimate of drug-likeness (QED) is 0.789. The lowest BCUT2D eigenvalue weighted by atomic mass is 10.0. The number of carbonyl (C=O) groups excluding carboxylic acids is 1. The number of ether oxygens (including phenoxy) is 2. The average molecular weight is 256 g/mol. The van der Waals surface area contributed by atoms with E-state index in [2.05, 4.69) is 0 Å². The second kappa shape index (κ2) is 6.50. The molecule has 18 heavy (non-hydrogen) atoms. The minimum Gasteiger partial charge on any atom is -0.378 e. The summed E-state index contributed by atoms with van der Waals surface area (Å²) in [5.41, 5.74) is 5.41. The Labute approximate surface area is 109 Å². The highest BCUT2D eigenvalue weighted by Gasteiger charge is 2.33. The molecule has 2 aliphatic rings. The summed E-state index contributed by atoms with van der Waals surface area (Å²) in [4.78, 5) is 14.2. The van der Waals surface area contributed by atoms with E-state index in [-0.39, 0.29) is 24.0 Å². The third-order valence-corrected chi connectivity index (χ3v) is 3.77. The van der Waals surface area contributed by atoms with Gasteiger partial charge in [-0.05, 0) is 26.2 Å². The van der Waals surface area contributed by atoms with Gasteiger partial charge in [0.2, 0.25) is 5.91 Å². The molecule has 5 nitrogen and oxygen atoms in total. The molecule has 0 aromatic heterocycles. The summed E-state index contributed by atoms with van der Waals surface area (Å²) in [5.74, 6) is 0.332. The lowest BCUT2D eigenvalue weighted by Crippen LogP contribution is -2.44. The molecule has 2 saturated heterocycles. The van der Waals surface area contributed by atoms with Crippen molar-refractivity contribution in [2.45, 2.75) is 38.4 Å². The first-order chi connectivity index (χ1) is 8.70. The van der Waals surface area contributed by atoms with Gasteiger partial charge >= 0.3 is 0 Å². The molecule has 2 heterocycles. The Bertz CT molecular complexity index is 277. The highest BCUT2D eigenvalue weighted by Crippen LogP contribution is 2.23. The van der Waals surface area contributed by atoms with Crippen LogP contribution in [-0.2, 0) is 14.3 Å². The fourth-order valence-electron chi connectivity index (χ4n) is 2.73. The van der Waals surface area contributed by atoms with Gasteiger partial charge in [0, 0.05) is 19.6 Å². The average Bonchev–Trinajstić information content (AvgIpc) is 2.83. The number of rotatable bonds is 4. The van der Waals surface area contributed by atoms with Crippen molar-refractivity contribution >= 4 is 5.91 Å². The van der Waals surface area contributed by atoms with E-state index in [0.29, 0.717) is 19.8 Å². The van der Waals surface area contributed by atoms with Crippen LogP contribution in [0, 0.1) is 5.92 Å². The molecule has 0 aromatic carbocycles. The molecule has 0 spiro atoms. The van der Waals surface area contributed by atoms with Gasteiger partial charge in [-0.15, -0.1) is 0 Å². The van der Waals surface area contributed by atoms with Crippen molar-refractivity contribution in [1.29, 1.82) is 0 Å². The molecule has 2 rings (SSSR count). The minimum atomic E-state index is 0.0708. The van der Waals surface area contributed by atoms with Crippen LogP contribution in [0.4, 0.5) is 0 Å². The molecule has 2 fully saturated rings. The normalized spacial score (nSPS) is 29.8. The van der Waals surface area contributed by atoms with E-state index < -0.39 is 0 Å². The smallest absolute Gasteiger partial charge is 0.228 e. The first-order valence-electron chi connectivity index (χ1n) is 6.92. The van der Waals surface area contributed by atoms with Crippen LogP contribution in [-0.4, -0.2) is 55.9 Å². The molecule has 2 aliphatic heterocycles. The van der Waals surface area contributed by atoms with Crippen LogP contribution in [0.25, 0.3) is 0 Å². The summed E-state index contributed by atoms with van der Waals surface area (Å²) in [6.45, 7) is 5.41. The number of nitrogens with zero attached hydrogens (tertiary/aromatic N) is 1. The predicted molar refractivity (Wildman–Crippen MR) is 68.1 cm³/mol. The molecule has 2 N–H and O–H groups in total. The van der Waals surface area contributed by atoms with Crippen molar-refractivity contribution in [3.05, 3.63) is 0 Å². The Morgan fingerprint density at radius 2 is 2.17 bits per heavy atom. The molecule has 0 aromatic rings. The fourth-order valence-corrected chi connectivity index (χ4v) is 2.73. The Morgan fingerprint density at radius 3 is 2.72 bits per heavy atom. The summed E-state index contributed by atoms with van der Waals surface area (Å²) in [7, 11) is 0. The fraction of sp³-hybridized carbons (Fsp3) is 0.923. The lowest BCUT2D eigenvalue weighted by molar-refractivity contribution is -0.138. The van der Waals surface area contributed by atoms with Gasteiger partial charge in [-0.2, -0.15) is 0 Å². The number of likely N-dealkylation sites (tertiary alicyclic amines) is 1. The van der Waals surface area contributed by atoms with Crippen LogP contribution in [0.2, 0.25) is 0 Å². The zero-order valence-corrected chi connectivity index (χ0v) is 11.1. The summed E-state index contributed by atoms with van der Waals surface area (Å²) >= 11 is 0. The Morgan fingerprint density at radius 1 is 1.44 bits per heavy atom. The maximum Gasteiger partial charge on any atom is 0.228 e. The van der Waals surface area contributed by atoms with Crippen LogP contribution >= 0.6 is 0 Å². The van der Waals surface area contributed by atoms with Crippen LogP contribution < -0.4 is 5.73 Å². The minimum absolute atomic E-state index is 0.0708. The maximum absolute atomic E-state index is 12.3. The number of nitrogens with two attached hydrogens (primary N) is 1. The van der Waals surface area contributed by atoms with E-state index >= 15 is 0 Å². The number of hydrogen-bond donors (Lipinski definition) is 1. The largest absolute Gasteiger partial charge is 0.378 e. The lowest BCUT2D eigenvalue weighted by Gasteiger charge is -2.33. The van der Waals surface area contributed by atoms with Gasteiger partial charge in [-0.25, -0.2) is 0 Å². The second-order valence-electron chi connectivity index (χ2n) is 5.26. The molecular formula is C13H24N2O3. The molecule has 1 amide bonds. The molecule has 2 atom stereocenters. The highest BCUT2D eigenvalue weighted by atomic mass is 16.5. The van der Waals surface area contributed by atoms with Crippen molar-refractivity contribution < 1.29 is 14.3 Å². The number of carbonyl (C=O) groups is 1. The predicted octanol–water partition coefficient (Wildman–Crippen LogP) is 0.378. The van der Waals surface area contributed by atoms with Crippen molar-refractivity contribution in [3.8, 4) is 0 Å². The summed E-state index contributed by atoms with van der Waals surface area (Å²) < 4.78 is 11.1. The zero-order valence-electron chi connectivity index (χ0n) is 11.1. The van der Waals surface area contributed by atoms with Gasteiger partial charge in [0.15, 0.2) is 0 Å². The Hall–Kier alpha value is -0.650. The van der Waals surface area contributed by atoms with Gasteiger partial charge in [0.1, 0.15) is 0 Å². The topological polar surface area (TPSA) is 64.8 Å². The molecule has 0 bridgehead atoms. The third kappa shape index (κ3) is 3.43. The molecule has 0 radical (unpaired) electrons. The van der Waals surface area contributed by atoms with E-state index in [9.17, 15) is 4.79 Å². The van der Waals surface area contributed by atoms with Gasteiger partial charge in [0.25, 0.3) is 0 Å². The van der Waals surface area contributed by atoms with E-state index in [1.54, 1.807) is 0 Å². The number of amides is 1. The third-order valence-electron chi connectivity index (χ3n) is 3.77. The molecule has 0 saturated carbocycles. The SMILES string of the molecule is CC1CC(C(=O)N2CCC(OCCN)CC2)CO1. The van der Waals surface area contributed by atoms with Crippen LogP contribution in [0.15, 0.2) is 0 Å². The monoisotopic (exact) mass is 256 g/mol. The first-order valence-corrected chi connectivity index (χ1v) is 6.92. The number of hydrogen-bond acceptors (Lipinski definition) is 4. The molecule has 0 aliphatic carbocycles. The van der Waals surface area contributed by atoms with Crippen molar-refractivity contribution in [1.82, 2.24) is 4.90 Å². The van der Waals surface area contributed by atoms with Crippen LogP contribution in [0.3, 0.4) is 0 Å². The summed E-state index contributed by atoms with van der Waals surface area (Å²) in [6, 6.07) is 0. The summed E-state index contributed by atoms with van der Waals surface area (Å²) in [6.07, 6.45) is 3.22. The molecule has 5 heteroatoms. The maximum atomic E-state index is 12.3. The van der Waals surface area contributed by atoms with Gasteiger partial charge < -0.3 is 20.1 Å². The van der Waals surface area contributed by atoms with Crippen molar-refractivity contribution in [3.63, 3.8) is 0 Å².